The maximum atomic E-state index is 12.2. The molecule has 2 atom stereocenters. The molecular weight excluding hydrogens is 393 g/mol. The molecule has 10 heteroatoms. The fourth-order valence-corrected chi connectivity index (χ4v) is 3.78. The third-order valence-electron chi connectivity index (χ3n) is 5.23. The van der Waals surface area contributed by atoms with E-state index in [0.717, 1.165) is 25.3 Å². The van der Waals surface area contributed by atoms with E-state index in [9.17, 15) is 18.0 Å². The molecule has 1 saturated carbocycles. The van der Waals surface area contributed by atoms with Crippen molar-refractivity contribution in [3.8, 4) is 5.75 Å². The van der Waals surface area contributed by atoms with Gasteiger partial charge in [-0.15, -0.1) is 0 Å². The number of ether oxygens (including phenoxy) is 2. The van der Waals surface area contributed by atoms with Crippen molar-refractivity contribution < 1.29 is 37.3 Å². The molecule has 1 aromatic rings. The fraction of sp³-hybridized carbons (Fsp3) is 0.632. The van der Waals surface area contributed by atoms with Gasteiger partial charge in [-0.05, 0) is 37.8 Å². The standard InChI is InChI=1S/C17H24N2O3.C2HF3O2/c1-2-21-11-16(20)19-10-14-5-3-7-17(14,12-19)13-22-15-6-4-8-18-9-15;3-2(4,5)1(6)7/h4,6,8-9,14H,2-3,5,7,10-13H2,1H3;(H,6,7)/t14-,17+;/m1./s1. The number of nitrogens with zero attached hydrogens (tertiary/aromatic N) is 2. The van der Waals surface area contributed by atoms with Crippen LogP contribution in [0.4, 0.5) is 13.2 Å². The van der Waals surface area contributed by atoms with Gasteiger partial charge in [-0.1, -0.05) is 6.42 Å². The van der Waals surface area contributed by atoms with Crippen LogP contribution in [0, 0.1) is 11.3 Å². The number of alkyl halides is 3. The number of carboxylic acids is 1. The molecule has 1 N–H and O–H groups in total. The summed E-state index contributed by atoms with van der Waals surface area (Å²) in [5, 5.41) is 7.12. The number of likely N-dealkylation sites (tertiary alicyclic amines) is 1. The van der Waals surface area contributed by atoms with Gasteiger partial charge in [0.05, 0.1) is 12.8 Å². The number of rotatable bonds is 6. The quantitative estimate of drug-likeness (QED) is 0.764. The van der Waals surface area contributed by atoms with E-state index < -0.39 is 12.1 Å². The number of hydrogen-bond donors (Lipinski definition) is 1. The number of halogens is 3. The lowest BCUT2D eigenvalue weighted by atomic mass is 9.81. The summed E-state index contributed by atoms with van der Waals surface area (Å²) in [4.78, 5) is 27.1. The number of carbonyl (C=O) groups excluding carboxylic acids is 1. The SMILES string of the molecule is CCOCC(=O)N1C[C@H]2CCC[C@@]2(COc2cccnc2)C1.O=C(O)C(F)(F)F. The Balaban J connectivity index is 0.000000370. The summed E-state index contributed by atoms with van der Waals surface area (Å²) >= 11 is 0. The van der Waals surface area contributed by atoms with Gasteiger partial charge in [-0.2, -0.15) is 13.2 Å². The molecule has 162 valence electrons. The maximum absolute atomic E-state index is 12.2. The van der Waals surface area contributed by atoms with Crippen LogP contribution in [0.2, 0.25) is 0 Å². The first kappa shape index (κ1) is 22.9. The third kappa shape index (κ3) is 6.31. The Morgan fingerprint density at radius 2 is 2.14 bits per heavy atom. The van der Waals surface area contributed by atoms with Crippen LogP contribution in [0.15, 0.2) is 24.5 Å². The Kier molecular flexibility index (Phi) is 7.83. The highest BCUT2D eigenvalue weighted by atomic mass is 19.4. The summed E-state index contributed by atoms with van der Waals surface area (Å²) in [5.74, 6) is -1.29. The lowest BCUT2D eigenvalue weighted by molar-refractivity contribution is -0.192. The molecule has 0 bridgehead atoms. The van der Waals surface area contributed by atoms with E-state index in [1.54, 1.807) is 12.4 Å². The Morgan fingerprint density at radius 3 is 2.72 bits per heavy atom. The summed E-state index contributed by atoms with van der Waals surface area (Å²) in [6.45, 7) is 5.00. The Hall–Kier alpha value is -2.36. The molecular formula is C19H25F3N2O5. The topological polar surface area (TPSA) is 89.0 Å². The van der Waals surface area contributed by atoms with E-state index in [1.807, 2.05) is 24.0 Å². The summed E-state index contributed by atoms with van der Waals surface area (Å²) in [7, 11) is 0. The molecule has 29 heavy (non-hydrogen) atoms. The van der Waals surface area contributed by atoms with E-state index in [2.05, 4.69) is 4.98 Å². The van der Waals surface area contributed by atoms with Crippen LogP contribution >= 0.6 is 0 Å². The van der Waals surface area contributed by atoms with Gasteiger partial charge >= 0.3 is 12.1 Å². The van der Waals surface area contributed by atoms with E-state index in [-0.39, 0.29) is 17.9 Å². The van der Waals surface area contributed by atoms with Crippen LogP contribution in [-0.4, -0.2) is 66.0 Å². The number of carbonyl (C=O) groups is 2. The van der Waals surface area contributed by atoms with E-state index in [1.165, 1.54) is 12.8 Å². The molecule has 3 rings (SSSR count). The summed E-state index contributed by atoms with van der Waals surface area (Å²) in [6.07, 6.45) is 1.96. The fourth-order valence-electron chi connectivity index (χ4n) is 3.78. The van der Waals surface area contributed by atoms with Gasteiger partial charge in [0, 0.05) is 31.3 Å². The van der Waals surface area contributed by atoms with Crippen LogP contribution in [0.1, 0.15) is 26.2 Å². The first-order valence-electron chi connectivity index (χ1n) is 9.36. The average molecular weight is 418 g/mol. The smallest absolute Gasteiger partial charge is 0.490 e. The van der Waals surface area contributed by atoms with Crippen LogP contribution in [0.5, 0.6) is 5.75 Å². The van der Waals surface area contributed by atoms with Crippen molar-refractivity contribution in [1.29, 1.82) is 0 Å². The minimum absolute atomic E-state index is 0.108. The lowest BCUT2D eigenvalue weighted by Crippen LogP contribution is -2.37. The molecule has 0 unspecified atom stereocenters. The second-order valence-corrected chi connectivity index (χ2v) is 7.14. The molecule has 1 aliphatic heterocycles. The summed E-state index contributed by atoms with van der Waals surface area (Å²) < 4.78 is 43.0. The number of carboxylic acid groups (broad SMARTS) is 1. The molecule has 1 aromatic heterocycles. The van der Waals surface area contributed by atoms with Gasteiger partial charge in [-0.25, -0.2) is 4.79 Å². The molecule has 0 radical (unpaired) electrons. The number of hydrogen-bond acceptors (Lipinski definition) is 5. The number of amides is 1. The average Bonchev–Trinajstić information content (AvgIpc) is 3.22. The highest BCUT2D eigenvalue weighted by Gasteiger charge is 2.51. The summed E-state index contributed by atoms with van der Waals surface area (Å²) in [6, 6.07) is 3.81. The predicted molar refractivity (Wildman–Crippen MR) is 96.3 cm³/mol. The zero-order valence-electron chi connectivity index (χ0n) is 16.2. The van der Waals surface area contributed by atoms with Crippen LogP contribution in [0.3, 0.4) is 0 Å². The van der Waals surface area contributed by atoms with E-state index in [0.29, 0.717) is 19.1 Å². The van der Waals surface area contributed by atoms with E-state index in [4.69, 9.17) is 19.4 Å². The molecule has 2 aliphatic rings. The van der Waals surface area contributed by atoms with Crippen molar-refractivity contribution in [3.63, 3.8) is 0 Å². The van der Waals surface area contributed by atoms with Crippen LogP contribution < -0.4 is 4.74 Å². The molecule has 2 heterocycles. The minimum atomic E-state index is -5.08. The molecule has 7 nitrogen and oxygen atoms in total. The third-order valence-corrected chi connectivity index (χ3v) is 5.23. The Morgan fingerprint density at radius 1 is 1.41 bits per heavy atom. The monoisotopic (exact) mass is 418 g/mol. The number of aliphatic carboxylic acids is 1. The van der Waals surface area contributed by atoms with Gasteiger partial charge < -0.3 is 19.5 Å². The second-order valence-electron chi connectivity index (χ2n) is 7.14. The predicted octanol–water partition coefficient (Wildman–Crippen LogP) is 2.76. The molecule has 1 amide bonds. The first-order chi connectivity index (χ1) is 13.7. The highest BCUT2D eigenvalue weighted by molar-refractivity contribution is 5.78. The number of fused-ring (bicyclic) bond motifs is 1. The number of pyridine rings is 1. The van der Waals surface area contributed by atoms with Gasteiger partial charge in [0.15, 0.2) is 0 Å². The normalized spacial score (nSPS) is 23.2. The molecule has 1 aliphatic carbocycles. The Labute approximate surface area is 166 Å². The zero-order valence-corrected chi connectivity index (χ0v) is 16.2. The summed E-state index contributed by atoms with van der Waals surface area (Å²) in [5.41, 5.74) is 0.109. The highest BCUT2D eigenvalue weighted by Crippen LogP contribution is 2.48. The molecule has 0 aromatic carbocycles. The van der Waals surface area contributed by atoms with Crippen molar-refractivity contribution >= 4 is 11.9 Å². The largest absolute Gasteiger partial charge is 0.491 e. The zero-order chi connectivity index (χ0) is 21.5. The molecule has 0 spiro atoms. The van der Waals surface area contributed by atoms with Gasteiger partial charge in [-0.3, -0.25) is 9.78 Å². The van der Waals surface area contributed by atoms with Crippen molar-refractivity contribution in [2.45, 2.75) is 32.4 Å². The van der Waals surface area contributed by atoms with Crippen molar-refractivity contribution in [2.24, 2.45) is 11.3 Å². The number of aromatic nitrogens is 1. The van der Waals surface area contributed by atoms with Crippen molar-refractivity contribution in [1.82, 2.24) is 9.88 Å². The minimum Gasteiger partial charge on any atom is -0.491 e. The van der Waals surface area contributed by atoms with Gasteiger partial charge in [0.25, 0.3) is 0 Å². The van der Waals surface area contributed by atoms with Crippen molar-refractivity contribution in [2.75, 3.05) is 32.9 Å². The van der Waals surface area contributed by atoms with Crippen molar-refractivity contribution in [3.05, 3.63) is 24.5 Å². The Bertz CT molecular complexity index is 686. The van der Waals surface area contributed by atoms with Gasteiger partial charge in [0.1, 0.15) is 12.4 Å². The van der Waals surface area contributed by atoms with Crippen LogP contribution in [0.25, 0.3) is 0 Å². The first-order valence-corrected chi connectivity index (χ1v) is 9.36. The van der Waals surface area contributed by atoms with E-state index >= 15 is 0 Å². The second kappa shape index (κ2) is 9.91. The molecule has 1 saturated heterocycles. The maximum Gasteiger partial charge on any atom is 0.490 e. The molecule has 2 fully saturated rings. The lowest BCUT2D eigenvalue weighted by Gasteiger charge is -2.28. The van der Waals surface area contributed by atoms with Crippen LogP contribution in [-0.2, 0) is 14.3 Å². The van der Waals surface area contributed by atoms with Gasteiger partial charge in [0.2, 0.25) is 5.91 Å².